The van der Waals surface area contributed by atoms with Gasteiger partial charge >= 0.3 is 17.7 Å². The van der Waals surface area contributed by atoms with Crippen LogP contribution in [0, 0.1) is 5.92 Å². The molecular weight excluding hydrogens is 260 g/mol. The maximum Gasteiger partial charge on any atom is 0.392 e. The maximum atomic E-state index is 11.9. The lowest BCUT2D eigenvalue weighted by Crippen LogP contribution is -2.46. The van der Waals surface area contributed by atoms with Gasteiger partial charge in [-0.3, -0.25) is 0 Å². The molecule has 1 aliphatic heterocycles. The standard InChI is InChI=1S/C15H16O5/c1-10(2)15(14(17)18-3)19-12(13(16)20-15)9-11-7-5-4-6-8-11/h4-10H,1-3H3/b12-9-/t15-/m0/s1. The predicted octanol–water partition coefficient (Wildman–Crippen LogP) is 2.13. The second-order valence-corrected chi connectivity index (χ2v) is 4.72. The van der Waals surface area contributed by atoms with Crippen LogP contribution in [0.25, 0.3) is 6.08 Å². The van der Waals surface area contributed by atoms with Gasteiger partial charge in [0.2, 0.25) is 5.76 Å². The zero-order chi connectivity index (χ0) is 14.8. The molecular formula is C15H16O5. The number of cyclic esters (lactones) is 1. The lowest BCUT2D eigenvalue weighted by molar-refractivity contribution is -0.215. The molecule has 0 bridgehead atoms. The van der Waals surface area contributed by atoms with Crippen molar-refractivity contribution in [2.75, 3.05) is 7.11 Å². The van der Waals surface area contributed by atoms with Gasteiger partial charge in [0.1, 0.15) is 0 Å². The summed E-state index contributed by atoms with van der Waals surface area (Å²) >= 11 is 0. The van der Waals surface area contributed by atoms with E-state index in [-0.39, 0.29) is 11.7 Å². The first-order chi connectivity index (χ1) is 9.49. The Morgan fingerprint density at radius 2 is 1.90 bits per heavy atom. The van der Waals surface area contributed by atoms with Gasteiger partial charge in [0.05, 0.1) is 7.11 Å². The van der Waals surface area contributed by atoms with Crippen LogP contribution in [0.1, 0.15) is 19.4 Å². The Bertz CT molecular complexity index is 547. The summed E-state index contributed by atoms with van der Waals surface area (Å²) in [5.74, 6) is -3.48. The minimum atomic E-state index is -1.70. The molecule has 5 nitrogen and oxygen atoms in total. The molecule has 1 saturated heterocycles. The molecule has 1 aromatic carbocycles. The summed E-state index contributed by atoms with van der Waals surface area (Å²) in [4.78, 5) is 23.8. The number of carbonyl (C=O) groups is 2. The first-order valence-corrected chi connectivity index (χ1v) is 6.27. The number of esters is 2. The first-order valence-electron chi connectivity index (χ1n) is 6.27. The molecule has 20 heavy (non-hydrogen) atoms. The van der Waals surface area contributed by atoms with Crippen LogP contribution >= 0.6 is 0 Å². The third-order valence-corrected chi connectivity index (χ3v) is 3.03. The van der Waals surface area contributed by atoms with Gasteiger partial charge in [-0.2, -0.15) is 0 Å². The van der Waals surface area contributed by atoms with Crippen molar-refractivity contribution in [2.24, 2.45) is 5.92 Å². The average Bonchev–Trinajstić information content (AvgIpc) is 2.77. The van der Waals surface area contributed by atoms with Gasteiger partial charge in [0.25, 0.3) is 0 Å². The molecule has 1 aliphatic rings. The highest BCUT2D eigenvalue weighted by Gasteiger charge is 2.56. The van der Waals surface area contributed by atoms with Gasteiger partial charge in [-0.25, -0.2) is 9.59 Å². The molecule has 1 fully saturated rings. The predicted molar refractivity (Wildman–Crippen MR) is 71.2 cm³/mol. The fourth-order valence-corrected chi connectivity index (χ4v) is 1.90. The Kier molecular flexibility index (Phi) is 3.79. The normalized spacial score (nSPS) is 23.6. The number of benzene rings is 1. The third-order valence-electron chi connectivity index (χ3n) is 3.03. The van der Waals surface area contributed by atoms with Gasteiger partial charge in [0.15, 0.2) is 0 Å². The second kappa shape index (κ2) is 5.36. The van der Waals surface area contributed by atoms with Crippen molar-refractivity contribution in [3.63, 3.8) is 0 Å². The van der Waals surface area contributed by atoms with Crippen molar-refractivity contribution < 1.29 is 23.8 Å². The summed E-state index contributed by atoms with van der Waals surface area (Å²) in [6.07, 6.45) is 1.54. The molecule has 0 spiro atoms. The van der Waals surface area contributed by atoms with Crippen molar-refractivity contribution >= 4 is 18.0 Å². The summed E-state index contributed by atoms with van der Waals surface area (Å²) in [5.41, 5.74) is 0.781. The summed E-state index contributed by atoms with van der Waals surface area (Å²) in [7, 11) is 1.22. The molecule has 106 valence electrons. The zero-order valence-electron chi connectivity index (χ0n) is 11.6. The van der Waals surface area contributed by atoms with Gasteiger partial charge in [-0.1, -0.05) is 44.2 Å². The zero-order valence-corrected chi connectivity index (χ0v) is 11.6. The topological polar surface area (TPSA) is 61.8 Å². The molecule has 2 rings (SSSR count). The van der Waals surface area contributed by atoms with E-state index in [9.17, 15) is 9.59 Å². The van der Waals surface area contributed by atoms with E-state index in [1.165, 1.54) is 13.2 Å². The van der Waals surface area contributed by atoms with Crippen molar-refractivity contribution in [3.8, 4) is 0 Å². The quantitative estimate of drug-likeness (QED) is 0.625. The van der Waals surface area contributed by atoms with Gasteiger partial charge in [-0.05, 0) is 11.6 Å². The Morgan fingerprint density at radius 1 is 1.25 bits per heavy atom. The maximum absolute atomic E-state index is 11.9. The number of methoxy groups -OCH3 is 1. The van der Waals surface area contributed by atoms with Crippen LogP contribution in [-0.2, 0) is 23.8 Å². The fourth-order valence-electron chi connectivity index (χ4n) is 1.90. The van der Waals surface area contributed by atoms with Crippen LogP contribution < -0.4 is 0 Å². The van der Waals surface area contributed by atoms with E-state index in [0.29, 0.717) is 0 Å². The second-order valence-electron chi connectivity index (χ2n) is 4.72. The highest BCUT2D eigenvalue weighted by Crippen LogP contribution is 2.35. The van der Waals surface area contributed by atoms with Crippen LogP contribution in [0.2, 0.25) is 0 Å². The van der Waals surface area contributed by atoms with E-state index in [1.54, 1.807) is 13.8 Å². The van der Waals surface area contributed by atoms with E-state index in [4.69, 9.17) is 9.47 Å². The molecule has 0 N–H and O–H groups in total. The number of hydrogen-bond acceptors (Lipinski definition) is 5. The Balaban J connectivity index is 2.34. The summed E-state index contributed by atoms with van der Waals surface area (Å²) in [5, 5.41) is 0. The van der Waals surface area contributed by atoms with Crippen LogP contribution in [-0.4, -0.2) is 24.8 Å². The SMILES string of the molecule is COC(=O)[C@]1(C(C)C)OC(=O)/C(=C/c2ccccc2)O1. The summed E-state index contributed by atoms with van der Waals surface area (Å²) < 4.78 is 15.3. The van der Waals surface area contributed by atoms with E-state index >= 15 is 0 Å². The van der Waals surface area contributed by atoms with E-state index in [2.05, 4.69) is 4.74 Å². The Labute approximate surface area is 117 Å². The molecule has 0 aliphatic carbocycles. The average molecular weight is 276 g/mol. The van der Waals surface area contributed by atoms with Crippen LogP contribution in [0.3, 0.4) is 0 Å². The van der Waals surface area contributed by atoms with Gasteiger partial charge < -0.3 is 14.2 Å². The number of hydrogen-bond donors (Lipinski definition) is 0. The number of ether oxygens (including phenoxy) is 3. The number of rotatable bonds is 3. The van der Waals surface area contributed by atoms with Crippen LogP contribution in [0.4, 0.5) is 0 Å². The molecule has 0 amide bonds. The Morgan fingerprint density at radius 3 is 2.45 bits per heavy atom. The molecule has 1 heterocycles. The van der Waals surface area contributed by atoms with E-state index in [1.807, 2.05) is 30.3 Å². The molecule has 0 aromatic heterocycles. The monoisotopic (exact) mass is 276 g/mol. The highest BCUT2D eigenvalue weighted by molar-refractivity contribution is 5.97. The van der Waals surface area contributed by atoms with E-state index in [0.717, 1.165) is 5.56 Å². The van der Waals surface area contributed by atoms with E-state index < -0.39 is 17.7 Å². The smallest absolute Gasteiger partial charge is 0.392 e. The molecule has 1 aromatic rings. The van der Waals surface area contributed by atoms with Crippen molar-refractivity contribution in [2.45, 2.75) is 19.6 Å². The minimum absolute atomic E-state index is 0.00435. The molecule has 1 atom stereocenters. The number of carbonyl (C=O) groups excluding carboxylic acids is 2. The fraction of sp³-hybridized carbons (Fsp3) is 0.333. The molecule has 0 unspecified atom stereocenters. The van der Waals surface area contributed by atoms with Crippen molar-refractivity contribution in [1.29, 1.82) is 0 Å². The van der Waals surface area contributed by atoms with Crippen LogP contribution in [0.5, 0.6) is 0 Å². The molecule has 5 heteroatoms. The highest BCUT2D eigenvalue weighted by atomic mass is 16.8. The van der Waals surface area contributed by atoms with Crippen molar-refractivity contribution in [3.05, 3.63) is 41.7 Å². The minimum Gasteiger partial charge on any atom is -0.463 e. The lowest BCUT2D eigenvalue weighted by Gasteiger charge is -2.26. The third kappa shape index (κ3) is 2.39. The van der Waals surface area contributed by atoms with Gasteiger partial charge in [0, 0.05) is 5.92 Å². The van der Waals surface area contributed by atoms with Gasteiger partial charge in [-0.15, -0.1) is 0 Å². The molecule has 0 radical (unpaired) electrons. The summed E-state index contributed by atoms with van der Waals surface area (Å²) in [6, 6.07) is 9.17. The molecule has 0 saturated carbocycles. The first kappa shape index (κ1) is 14.1. The van der Waals surface area contributed by atoms with Crippen LogP contribution in [0.15, 0.2) is 36.1 Å². The van der Waals surface area contributed by atoms with Crippen molar-refractivity contribution in [1.82, 2.24) is 0 Å². The Hall–Kier alpha value is -2.30. The summed E-state index contributed by atoms with van der Waals surface area (Å²) in [6.45, 7) is 3.44. The largest absolute Gasteiger partial charge is 0.463 e. The lowest BCUT2D eigenvalue weighted by atomic mass is 10.0.